The summed E-state index contributed by atoms with van der Waals surface area (Å²) in [5, 5.41) is 9.27. The van der Waals surface area contributed by atoms with Gasteiger partial charge in [-0.2, -0.15) is 0 Å². The van der Waals surface area contributed by atoms with E-state index in [1.807, 2.05) is 30.3 Å². The first kappa shape index (κ1) is 13.8. The van der Waals surface area contributed by atoms with Crippen LogP contribution in [0.3, 0.4) is 0 Å². The van der Waals surface area contributed by atoms with Crippen LogP contribution < -0.4 is 5.43 Å². The fraction of sp³-hybridized carbons (Fsp3) is 0.125. The second-order valence-electron chi connectivity index (χ2n) is 4.52. The highest BCUT2D eigenvalue weighted by Crippen LogP contribution is 2.06. The molecular weight excluding hydrogens is 254 g/mol. The number of aromatic nitrogens is 1. The van der Waals surface area contributed by atoms with Crippen LogP contribution in [0, 0.1) is 0 Å². The number of aryl methyl sites for hydroxylation is 1. The quantitative estimate of drug-likeness (QED) is 0.863. The highest BCUT2D eigenvalue weighted by atomic mass is 16.3. The SMILES string of the molecule is Cn1cc(O)c(=O)cc1/C=C/C(=O)Cc1ccccc1. The van der Waals surface area contributed by atoms with E-state index in [0.29, 0.717) is 12.1 Å². The Morgan fingerprint density at radius 3 is 2.70 bits per heavy atom. The smallest absolute Gasteiger partial charge is 0.223 e. The molecule has 1 heterocycles. The molecule has 1 N–H and O–H groups in total. The summed E-state index contributed by atoms with van der Waals surface area (Å²) >= 11 is 0. The minimum Gasteiger partial charge on any atom is -0.503 e. The van der Waals surface area contributed by atoms with Crippen LogP contribution in [0.25, 0.3) is 6.08 Å². The first-order valence-corrected chi connectivity index (χ1v) is 6.21. The van der Waals surface area contributed by atoms with Crippen molar-refractivity contribution in [2.45, 2.75) is 6.42 Å². The van der Waals surface area contributed by atoms with Gasteiger partial charge < -0.3 is 9.67 Å². The van der Waals surface area contributed by atoms with Crippen molar-refractivity contribution < 1.29 is 9.90 Å². The van der Waals surface area contributed by atoms with Crippen molar-refractivity contribution in [2.75, 3.05) is 0 Å². The van der Waals surface area contributed by atoms with Gasteiger partial charge in [0.25, 0.3) is 0 Å². The number of aromatic hydroxyl groups is 1. The molecule has 0 amide bonds. The highest BCUT2D eigenvalue weighted by Gasteiger charge is 2.02. The van der Waals surface area contributed by atoms with E-state index in [0.717, 1.165) is 5.56 Å². The third kappa shape index (κ3) is 3.45. The normalized spacial score (nSPS) is 10.8. The monoisotopic (exact) mass is 269 g/mol. The Balaban J connectivity index is 2.12. The van der Waals surface area contributed by atoms with Crippen LogP contribution >= 0.6 is 0 Å². The molecule has 0 fully saturated rings. The number of carbonyl (C=O) groups is 1. The van der Waals surface area contributed by atoms with Crippen LogP contribution in [-0.2, 0) is 18.3 Å². The van der Waals surface area contributed by atoms with E-state index in [2.05, 4.69) is 0 Å². The molecule has 0 aliphatic heterocycles. The Morgan fingerprint density at radius 1 is 1.30 bits per heavy atom. The molecule has 1 aromatic heterocycles. The van der Waals surface area contributed by atoms with Crippen LogP contribution in [0.5, 0.6) is 5.75 Å². The van der Waals surface area contributed by atoms with Crippen LogP contribution in [0.1, 0.15) is 11.3 Å². The molecule has 2 aromatic rings. The fourth-order valence-corrected chi connectivity index (χ4v) is 1.83. The molecule has 0 bridgehead atoms. The number of hydrogen-bond acceptors (Lipinski definition) is 3. The van der Waals surface area contributed by atoms with Gasteiger partial charge in [-0.1, -0.05) is 30.3 Å². The van der Waals surface area contributed by atoms with Gasteiger partial charge in [0.2, 0.25) is 5.43 Å². The molecule has 0 aliphatic carbocycles. The molecule has 0 saturated carbocycles. The predicted octanol–water partition coefficient (Wildman–Crippen LogP) is 1.92. The zero-order chi connectivity index (χ0) is 14.5. The second-order valence-corrected chi connectivity index (χ2v) is 4.52. The summed E-state index contributed by atoms with van der Waals surface area (Å²) in [6, 6.07) is 10.7. The molecule has 4 heteroatoms. The summed E-state index contributed by atoms with van der Waals surface area (Å²) in [6.07, 6.45) is 4.66. The van der Waals surface area contributed by atoms with Crippen molar-refractivity contribution in [1.82, 2.24) is 4.57 Å². The Labute approximate surface area is 116 Å². The van der Waals surface area contributed by atoms with Crippen LogP contribution in [0.2, 0.25) is 0 Å². The number of pyridine rings is 1. The molecule has 0 atom stereocenters. The Kier molecular flexibility index (Phi) is 4.15. The minimum absolute atomic E-state index is 0.0447. The fourth-order valence-electron chi connectivity index (χ4n) is 1.83. The first-order valence-electron chi connectivity index (χ1n) is 6.21. The lowest BCUT2D eigenvalue weighted by atomic mass is 10.1. The minimum atomic E-state index is -0.460. The zero-order valence-electron chi connectivity index (χ0n) is 11.1. The maximum atomic E-state index is 11.8. The number of rotatable bonds is 4. The van der Waals surface area contributed by atoms with Gasteiger partial charge in [0, 0.05) is 31.4 Å². The zero-order valence-corrected chi connectivity index (χ0v) is 11.1. The number of hydrogen-bond donors (Lipinski definition) is 1. The third-order valence-corrected chi connectivity index (χ3v) is 2.92. The summed E-state index contributed by atoms with van der Waals surface area (Å²) in [5.74, 6) is -0.350. The Bertz CT molecular complexity index is 699. The lowest BCUT2D eigenvalue weighted by Gasteiger charge is -2.04. The van der Waals surface area contributed by atoms with Gasteiger partial charge in [-0.15, -0.1) is 0 Å². The van der Waals surface area contributed by atoms with E-state index in [4.69, 9.17) is 0 Å². The van der Waals surface area contributed by atoms with Gasteiger partial charge in [-0.05, 0) is 17.7 Å². The number of ketones is 1. The second kappa shape index (κ2) is 6.02. The predicted molar refractivity (Wildman–Crippen MR) is 77.5 cm³/mol. The average molecular weight is 269 g/mol. The molecule has 0 aliphatic rings. The molecule has 4 nitrogen and oxygen atoms in total. The number of carbonyl (C=O) groups excluding carboxylic acids is 1. The number of allylic oxidation sites excluding steroid dienone is 1. The molecule has 1 aromatic carbocycles. The Hall–Kier alpha value is -2.62. The molecular formula is C16H15NO3. The molecule has 102 valence electrons. The molecule has 0 radical (unpaired) electrons. The van der Waals surface area contributed by atoms with Gasteiger partial charge in [-0.25, -0.2) is 0 Å². The van der Waals surface area contributed by atoms with E-state index < -0.39 is 5.43 Å². The maximum absolute atomic E-state index is 11.8. The summed E-state index contributed by atoms with van der Waals surface area (Å²) in [6.45, 7) is 0. The van der Waals surface area contributed by atoms with Gasteiger partial charge in [0.05, 0.1) is 0 Å². The number of benzene rings is 1. The van der Waals surface area contributed by atoms with Crippen molar-refractivity contribution in [3.8, 4) is 5.75 Å². The van der Waals surface area contributed by atoms with Crippen LogP contribution in [0.4, 0.5) is 0 Å². The maximum Gasteiger partial charge on any atom is 0.223 e. The van der Waals surface area contributed by atoms with Gasteiger partial charge in [0.15, 0.2) is 11.5 Å². The van der Waals surface area contributed by atoms with E-state index in [9.17, 15) is 14.7 Å². The largest absolute Gasteiger partial charge is 0.503 e. The van der Waals surface area contributed by atoms with Crippen molar-refractivity contribution >= 4 is 11.9 Å². The topological polar surface area (TPSA) is 59.3 Å². The molecule has 0 spiro atoms. The summed E-state index contributed by atoms with van der Waals surface area (Å²) in [4.78, 5) is 23.2. The molecule has 0 unspecified atom stereocenters. The standard InChI is InChI=1S/C16H15NO3/c1-17-11-16(20)15(19)10-13(17)7-8-14(18)9-12-5-3-2-4-6-12/h2-8,10-11,20H,9H2,1H3/b8-7+. The molecule has 20 heavy (non-hydrogen) atoms. The van der Waals surface area contributed by atoms with E-state index in [1.54, 1.807) is 17.7 Å². The van der Waals surface area contributed by atoms with E-state index >= 15 is 0 Å². The van der Waals surface area contributed by atoms with Crippen molar-refractivity contribution in [3.05, 3.63) is 70.2 Å². The van der Waals surface area contributed by atoms with E-state index in [-0.39, 0.29) is 11.5 Å². The van der Waals surface area contributed by atoms with Crippen LogP contribution in [0.15, 0.2) is 53.5 Å². The lowest BCUT2D eigenvalue weighted by Crippen LogP contribution is -2.06. The van der Waals surface area contributed by atoms with Crippen LogP contribution in [-0.4, -0.2) is 15.5 Å². The van der Waals surface area contributed by atoms with Crippen molar-refractivity contribution in [3.63, 3.8) is 0 Å². The van der Waals surface area contributed by atoms with Gasteiger partial charge >= 0.3 is 0 Å². The third-order valence-electron chi connectivity index (χ3n) is 2.92. The lowest BCUT2D eigenvalue weighted by molar-refractivity contribution is -0.113. The summed E-state index contributed by atoms with van der Waals surface area (Å²) in [7, 11) is 1.69. The number of nitrogens with zero attached hydrogens (tertiary/aromatic N) is 1. The van der Waals surface area contributed by atoms with Crippen molar-refractivity contribution in [1.29, 1.82) is 0 Å². The molecule has 0 saturated heterocycles. The summed E-state index contributed by atoms with van der Waals surface area (Å²) in [5.41, 5.74) is 1.05. The first-order chi connectivity index (χ1) is 9.56. The van der Waals surface area contributed by atoms with E-state index in [1.165, 1.54) is 18.3 Å². The highest BCUT2D eigenvalue weighted by molar-refractivity contribution is 5.94. The van der Waals surface area contributed by atoms with Gasteiger partial charge in [-0.3, -0.25) is 9.59 Å². The molecule has 2 rings (SSSR count). The Morgan fingerprint density at radius 2 is 2.00 bits per heavy atom. The van der Waals surface area contributed by atoms with Crippen molar-refractivity contribution in [2.24, 2.45) is 7.05 Å². The summed E-state index contributed by atoms with van der Waals surface area (Å²) < 4.78 is 1.59. The van der Waals surface area contributed by atoms with Gasteiger partial charge in [0.1, 0.15) is 0 Å². The average Bonchev–Trinajstić information content (AvgIpc) is 2.42.